The number of rotatable bonds is 1. The van der Waals surface area contributed by atoms with Crippen LogP contribution in [0.25, 0.3) is 5.57 Å². The molecule has 2 rings (SSSR count). The van der Waals surface area contributed by atoms with Crippen LogP contribution < -0.4 is 0 Å². The molecule has 0 heterocycles. The Morgan fingerprint density at radius 3 is 2.65 bits per heavy atom. The first-order chi connectivity index (χ1) is 8.29. The van der Waals surface area contributed by atoms with E-state index in [1.54, 1.807) is 0 Å². The third-order valence-electron chi connectivity index (χ3n) is 2.64. The normalized spacial score (nSPS) is 17.5. The van der Waals surface area contributed by atoms with Gasteiger partial charge in [0.05, 0.1) is 11.6 Å². The Labute approximate surface area is 104 Å². The number of hydrogen-bond donors (Lipinski definition) is 0. The van der Waals surface area contributed by atoms with Crippen molar-refractivity contribution < 1.29 is 0 Å². The predicted molar refractivity (Wildman–Crippen MR) is 73.4 cm³/mol. The fourth-order valence-electron chi connectivity index (χ4n) is 1.71. The molecular weight excluding hydrogens is 206 g/mol. The second-order valence-electron chi connectivity index (χ2n) is 3.92. The van der Waals surface area contributed by atoms with E-state index >= 15 is 0 Å². The van der Waals surface area contributed by atoms with Gasteiger partial charge in [-0.2, -0.15) is 5.26 Å². The third-order valence-corrected chi connectivity index (χ3v) is 2.64. The van der Waals surface area contributed by atoms with Crippen LogP contribution in [0.2, 0.25) is 0 Å². The van der Waals surface area contributed by atoms with Crippen LogP contribution in [0.1, 0.15) is 38.3 Å². The van der Waals surface area contributed by atoms with Crippen molar-refractivity contribution in [2.45, 2.75) is 27.2 Å². The molecule has 88 valence electrons. The molecule has 0 spiro atoms. The molecule has 1 aromatic carbocycles. The van der Waals surface area contributed by atoms with Gasteiger partial charge in [-0.1, -0.05) is 51.1 Å². The van der Waals surface area contributed by atoms with Crippen LogP contribution in [-0.4, -0.2) is 0 Å². The number of nitriles is 1. The van der Waals surface area contributed by atoms with Crippen molar-refractivity contribution in [1.29, 1.82) is 5.26 Å². The van der Waals surface area contributed by atoms with Gasteiger partial charge in [0.2, 0.25) is 0 Å². The summed E-state index contributed by atoms with van der Waals surface area (Å²) in [5.74, 6) is 0.632. The van der Waals surface area contributed by atoms with Gasteiger partial charge in [0.1, 0.15) is 0 Å². The summed E-state index contributed by atoms with van der Waals surface area (Å²) in [7, 11) is 0. The van der Waals surface area contributed by atoms with E-state index in [4.69, 9.17) is 5.26 Å². The minimum atomic E-state index is 0.632. The van der Waals surface area contributed by atoms with E-state index in [1.165, 1.54) is 5.57 Å². The van der Waals surface area contributed by atoms with Gasteiger partial charge in [-0.3, -0.25) is 0 Å². The summed E-state index contributed by atoms with van der Waals surface area (Å²) < 4.78 is 0. The van der Waals surface area contributed by atoms with Crippen LogP contribution in [-0.2, 0) is 0 Å². The van der Waals surface area contributed by atoms with Gasteiger partial charge in [-0.15, -0.1) is 0 Å². The lowest BCUT2D eigenvalue weighted by Gasteiger charge is -2.11. The second kappa shape index (κ2) is 6.70. The van der Waals surface area contributed by atoms with Crippen molar-refractivity contribution in [3.05, 3.63) is 53.6 Å². The number of hydrogen-bond acceptors (Lipinski definition) is 1. The molecule has 0 radical (unpaired) electrons. The van der Waals surface area contributed by atoms with Crippen LogP contribution in [0.3, 0.4) is 0 Å². The van der Waals surface area contributed by atoms with Crippen LogP contribution in [0.5, 0.6) is 0 Å². The van der Waals surface area contributed by atoms with E-state index in [2.05, 4.69) is 31.2 Å². The molecule has 0 aliphatic heterocycles. The summed E-state index contributed by atoms with van der Waals surface area (Å²) in [6.45, 7) is 6.20. The minimum absolute atomic E-state index is 0.632. The summed E-state index contributed by atoms with van der Waals surface area (Å²) in [6, 6.07) is 9.91. The molecule has 1 aliphatic carbocycles. The van der Waals surface area contributed by atoms with Crippen molar-refractivity contribution in [2.75, 3.05) is 0 Å². The highest BCUT2D eigenvalue weighted by atomic mass is 14.2. The third kappa shape index (κ3) is 3.60. The fraction of sp³-hybridized carbons (Fsp3) is 0.312. The topological polar surface area (TPSA) is 23.8 Å². The van der Waals surface area contributed by atoms with Crippen LogP contribution in [0, 0.1) is 17.2 Å². The lowest BCUT2D eigenvalue weighted by atomic mass is 9.94. The van der Waals surface area contributed by atoms with E-state index in [0.29, 0.717) is 5.92 Å². The minimum Gasteiger partial charge on any atom is -0.192 e. The highest BCUT2D eigenvalue weighted by molar-refractivity contribution is 5.75. The zero-order valence-corrected chi connectivity index (χ0v) is 10.8. The SMILES string of the molecule is CC.CC1C=CC(c2cccc(C#N)c2)=CC1. The first-order valence-corrected chi connectivity index (χ1v) is 6.18. The maximum absolute atomic E-state index is 8.81. The monoisotopic (exact) mass is 225 g/mol. The largest absolute Gasteiger partial charge is 0.192 e. The first-order valence-electron chi connectivity index (χ1n) is 6.18. The molecule has 1 aliphatic rings. The molecule has 1 unspecified atom stereocenters. The molecular formula is C16H19N. The lowest BCUT2D eigenvalue weighted by molar-refractivity contribution is 0.739. The van der Waals surface area contributed by atoms with Gasteiger partial charge in [0.15, 0.2) is 0 Å². The average Bonchev–Trinajstić information content (AvgIpc) is 2.42. The smallest absolute Gasteiger partial charge is 0.0991 e. The van der Waals surface area contributed by atoms with E-state index in [1.807, 2.05) is 38.1 Å². The van der Waals surface area contributed by atoms with Gasteiger partial charge in [0, 0.05) is 0 Å². The summed E-state index contributed by atoms with van der Waals surface area (Å²) in [6.07, 6.45) is 7.68. The molecule has 0 aromatic heterocycles. The predicted octanol–water partition coefficient (Wildman–Crippen LogP) is 4.56. The summed E-state index contributed by atoms with van der Waals surface area (Å²) in [4.78, 5) is 0. The van der Waals surface area contributed by atoms with Crippen molar-refractivity contribution in [1.82, 2.24) is 0 Å². The van der Waals surface area contributed by atoms with Gasteiger partial charge < -0.3 is 0 Å². The maximum Gasteiger partial charge on any atom is 0.0991 e. The molecule has 0 amide bonds. The van der Waals surface area contributed by atoms with Gasteiger partial charge in [-0.05, 0) is 35.6 Å². The summed E-state index contributed by atoms with van der Waals surface area (Å²) >= 11 is 0. The molecule has 17 heavy (non-hydrogen) atoms. The second-order valence-corrected chi connectivity index (χ2v) is 3.92. The van der Waals surface area contributed by atoms with Gasteiger partial charge in [0.25, 0.3) is 0 Å². The zero-order chi connectivity index (χ0) is 12.7. The van der Waals surface area contributed by atoms with E-state index in [9.17, 15) is 0 Å². The van der Waals surface area contributed by atoms with Gasteiger partial charge >= 0.3 is 0 Å². The molecule has 0 N–H and O–H groups in total. The number of benzene rings is 1. The first kappa shape index (κ1) is 13.3. The van der Waals surface area contributed by atoms with Gasteiger partial charge in [-0.25, -0.2) is 0 Å². The zero-order valence-electron chi connectivity index (χ0n) is 10.8. The molecule has 1 atom stereocenters. The molecule has 1 nitrogen and oxygen atoms in total. The lowest BCUT2D eigenvalue weighted by Crippen LogP contribution is -1.94. The van der Waals surface area contributed by atoms with Crippen LogP contribution >= 0.6 is 0 Å². The van der Waals surface area contributed by atoms with Crippen LogP contribution in [0.4, 0.5) is 0 Å². The Hall–Kier alpha value is -1.81. The van der Waals surface area contributed by atoms with E-state index < -0.39 is 0 Å². The van der Waals surface area contributed by atoms with Crippen molar-refractivity contribution >= 4 is 5.57 Å². The summed E-state index contributed by atoms with van der Waals surface area (Å²) in [5.41, 5.74) is 3.09. The van der Waals surface area contributed by atoms with Crippen LogP contribution in [0.15, 0.2) is 42.5 Å². The molecule has 1 heteroatoms. The summed E-state index contributed by atoms with van der Waals surface area (Å²) in [5, 5.41) is 8.81. The Kier molecular flexibility index (Phi) is 5.23. The Bertz CT molecular complexity index is 461. The Balaban J connectivity index is 0.000000686. The fourth-order valence-corrected chi connectivity index (χ4v) is 1.71. The van der Waals surface area contributed by atoms with Crippen molar-refractivity contribution in [3.63, 3.8) is 0 Å². The Morgan fingerprint density at radius 2 is 2.06 bits per heavy atom. The molecule has 0 fully saturated rings. The quantitative estimate of drug-likeness (QED) is 0.687. The average molecular weight is 225 g/mol. The highest BCUT2D eigenvalue weighted by Crippen LogP contribution is 2.24. The van der Waals surface area contributed by atoms with E-state index in [-0.39, 0.29) is 0 Å². The molecule has 0 saturated carbocycles. The van der Waals surface area contributed by atoms with Crippen molar-refractivity contribution in [2.24, 2.45) is 5.92 Å². The highest BCUT2D eigenvalue weighted by Gasteiger charge is 2.05. The van der Waals surface area contributed by atoms with E-state index in [0.717, 1.165) is 17.5 Å². The standard InChI is InChI=1S/C14H13N.C2H6/c1-11-5-7-13(8-6-11)14-4-2-3-12(9-14)10-15;1-2/h2-5,7-9,11H,6H2,1H3;1-2H3. The Morgan fingerprint density at radius 1 is 1.29 bits per heavy atom. The number of nitrogens with zero attached hydrogens (tertiary/aromatic N) is 1. The molecule has 0 saturated heterocycles. The molecule has 0 bridgehead atoms. The number of allylic oxidation sites excluding steroid dienone is 4. The molecule has 1 aromatic rings. The van der Waals surface area contributed by atoms with Crippen molar-refractivity contribution in [3.8, 4) is 6.07 Å². The maximum atomic E-state index is 8.81.